The predicted molar refractivity (Wildman–Crippen MR) is 105 cm³/mol. The van der Waals surface area contributed by atoms with E-state index in [0.29, 0.717) is 19.0 Å². The fraction of sp³-hybridized carbons (Fsp3) is 0.438. The van der Waals surface area contributed by atoms with Crippen molar-refractivity contribution in [3.63, 3.8) is 0 Å². The summed E-state index contributed by atoms with van der Waals surface area (Å²) < 4.78 is 1.69. The summed E-state index contributed by atoms with van der Waals surface area (Å²) in [6.07, 6.45) is 0.918. The molecule has 0 aliphatic rings. The van der Waals surface area contributed by atoms with Crippen LogP contribution in [0.3, 0.4) is 0 Å². The molecule has 2 rings (SSSR count). The third-order valence-electron chi connectivity index (χ3n) is 3.45. The van der Waals surface area contributed by atoms with Crippen LogP contribution in [-0.2, 0) is 13.6 Å². The van der Waals surface area contributed by atoms with Crippen LogP contribution in [0.1, 0.15) is 30.0 Å². The van der Waals surface area contributed by atoms with Crippen molar-refractivity contribution in [3.05, 3.63) is 47.5 Å². The van der Waals surface area contributed by atoms with E-state index in [-0.39, 0.29) is 24.0 Å². The van der Waals surface area contributed by atoms with Gasteiger partial charge >= 0.3 is 0 Å². The van der Waals surface area contributed by atoms with Crippen LogP contribution >= 0.6 is 24.0 Å². The first kappa shape index (κ1) is 20.4. The summed E-state index contributed by atoms with van der Waals surface area (Å²) in [5.41, 5.74) is 2.06. The molecule has 1 heterocycles. The van der Waals surface area contributed by atoms with E-state index in [1.807, 2.05) is 45.2 Å². The van der Waals surface area contributed by atoms with Gasteiger partial charge in [-0.15, -0.1) is 24.0 Å². The number of benzene rings is 1. The van der Waals surface area contributed by atoms with E-state index in [1.165, 1.54) is 11.9 Å². The Morgan fingerprint density at radius 2 is 2.00 bits per heavy atom. The highest BCUT2D eigenvalue weighted by Crippen LogP contribution is 2.12. The molecule has 0 saturated heterocycles. The fourth-order valence-electron chi connectivity index (χ4n) is 2.05. The molecule has 1 unspecified atom stereocenters. The van der Waals surface area contributed by atoms with Crippen molar-refractivity contribution in [2.75, 3.05) is 13.1 Å². The molecule has 0 bridgehead atoms. The highest BCUT2D eigenvalue weighted by Gasteiger charge is 2.08. The van der Waals surface area contributed by atoms with Gasteiger partial charge in [0.1, 0.15) is 18.7 Å². The summed E-state index contributed by atoms with van der Waals surface area (Å²) in [5, 5.41) is 20.6. The second-order valence-corrected chi connectivity index (χ2v) is 5.30. The molecular weight excluding hydrogens is 419 g/mol. The third kappa shape index (κ3) is 6.08. The SMILES string of the molecule is CCNC(=NCc1ncnn1C)NCC(O)c1ccc(C)cc1.I. The maximum atomic E-state index is 10.3. The largest absolute Gasteiger partial charge is 0.387 e. The van der Waals surface area contributed by atoms with Gasteiger partial charge in [-0.05, 0) is 19.4 Å². The summed E-state index contributed by atoms with van der Waals surface area (Å²) in [4.78, 5) is 8.60. The van der Waals surface area contributed by atoms with Crippen LogP contribution in [-0.4, -0.2) is 38.9 Å². The normalized spacial score (nSPS) is 12.4. The number of nitrogens with one attached hydrogen (secondary N) is 2. The van der Waals surface area contributed by atoms with Gasteiger partial charge in [-0.1, -0.05) is 29.8 Å². The van der Waals surface area contributed by atoms with Gasteiger partial charge in [0, 0.05) is 20.1 Å². The number of nitrogens with zero attached hydrogens (tertiary/aromatic N) is 4. The average Bonchev–Trinajstić information content (AvgIpc) is 2.95. The van der Waals surface area contributed by atoms with Crippen molar-refractivity contribution in [2.45, 2.75) is 26.5 Å². The molecule has 0 aliphatic carbocycles. The average molecular weight is 444 g/mol. The lowest BCUT2D eigenvalue weighted by atomic mass is 10.1. The van der Waals surface area contributed by atoms with Gasteiger partial charge in [-0.2, -0.15) is 5.10 Å². The quantitative estimate of drug-likeness (QED) is 0.358. The molecule has 1 aromatic carbocycles. The maximum Gasteiger partial charge on any atom is 0.191 e. The molecule has 0 fully saturated rings. The zero-order valence-electron chi connectivity index (χ0n) is 14.2. The van der Waals surface area contributed by atoms with Crippen molar-refractivity contribution >= 4 is 29.9 Å². The minimum absolute atomic E-state index is 0. The number of aliphatic imine (C=N–C) groups is 1. The summed E-state index contributed by atoms with van der Waals surface area (Å²) in [7, 11) is 1.83. The van der Waals surface area contributed by atoms with E-state index in [2.05, 4.69) is 25.7 Å². The molecule has 24 heavy (non-hydrogen) atoms. The second-order valence-electron chi connectivity index (χ2n) is 5.30. The van der Waals surface area contributed by atoms with Crippen molar-refractivity contribution in [1.29, 1.82) is 0 Å². The van der Waals surface area contributed by atoms with Crippen LogP contribution < -0.4 is 10.6 Å². The molecule has 0 amide bonds. The summed E-state index contributed by atoms with van der Waals surface area (Å²) in [6.45, 7) is 5.57. The Labute approximate surface area is 159 Å². The van der Waals surface area contributed by atoms with E-state index < -0.39 is 6.10 Å². The molecule has 132 valence electrons. The summed E-state index contributed by atoms with van der Waals surface area (Å²) in [5.74, 6) is 1.42. The Morgan fingerprint density at radius 3 is 2.58 bits per heavy atom. The molecule has 2 aromatic rings. The number of rotatable bonds is 6. The Kier molecular flexibility index (Phi) is 8.69. The first-order chi connectivity index (χ1) is 11.1. The number of halogens is 1. The van der Waals surface area contributed by atoms with Gasteiger partial charge in [-0.25, -0.2) is 9.98 Å². The van der Waals surface area contributed by atoms with Gasteiger partial charge < -0.3 is 15.7 Å². The zero-order chi connectivity index (χ0) is 16.7. The van der Waals surface area contributed by atoms with Gasteiger partial charge in [0.15, 0.2) is 5.96 Å². The zero-order valence-corrected chi connectivity index (χ0v) is 16.6. The fourth-order valence-corrected chi connectivity index (χ4v) is 2.05. The van der Waals surface area contributed by atoms with Crippen LogP contribution in [0.5, 0.6) is 0 Å². The van der Waals surface area contributed by atoms with E-state index in [1.54, 1.807) is 4.68 Å². The van der Waals surface area contributed by atoms with Crippen molar-refractivity contribution in [3.8, 4) is 0 Å². The number of aliphatic hydroxyl groups excluding tert-OH is 1. The Hall–Kier alpha value is -1.68. The van der Waals surface area contributed by atoms with Crippen molar-refractivity contribution in [2.24, 2.45) is 12.0 Å². The van der Waals surface area contributed by atoms with Gasteiger partial charge in [0.05, 0.1) is 6.10 Å². The smallest absolute Gasteiger partial charge is 0.191 e. The molecule has 0 spiro atoms. The molecule has 1 aromatic heterocycles. The standard InChI is InChI=1S/C16H24N6O.HI/c1-4-17-16(19-10-15-20-11-21-22(15)3)18-9-14(23)13-7-5-12(2)6-8-13;/h5-8,11,14,23H,4,9-10H2,1-3H3,(H2,17,18,19);1H. The molecule has 8 heteroatoms. The highest BCUT2D eigenvalue weighted by molar-refractivity contribution is 14.0. The van der Waals surface area contributed by atoms with Crippen molar-refractivity contribution < 1.29 is 5.11 Å². The van der Waals surface area contributed by atoms with Crippen LogP contribution in [0, 0.1) is 6.92 Å². The first-order valence-corrected chi connectivity index (χ1v) is 7.69. The van der Waals surface area contributed by atoms with Crippen molar-refractivity contribution in [1.82, 2.24) is 25.4 Å². The van der Waals surface area contributed by atoms with Crippen LogP contribution in [0.4, 0.5) is 0 Å². The number of aryl methyl sites for hydroxylation is 2. The molecule has 0 radical (unpaired) electrons. The minimum Gasteiger partial charge on any atom is -0.387 e. The molecular formula is C16H25IN6O. The molecule has 0 saturated carbocycles. The van der Waals surface area contributed by atoms with Gasteiger partial charge in [0.25, 0.3) is 0 Å². The number of aliphatic hydroxyl groups is 1. The number of hydrogen-bond donors (Lipinski definition) is 3. The van der Waals surface area contributed by atoms with E-state index >= 15 is 0 Å². The van der Waals surface area contributed by atoms with E-state index in [9.17, 15) is 5.11 Å². The Morgan fingerprint density at radius 1 is 1.29 bits per heavy atom. The topological polar surface area (TPSA) is 87.4 Å². The second kappa shape index (κ2) is 10.2. The Balaban J connectivity index is 0.00000288. The van der Waals surface area contributed by atoms with Crippen LogP contribution in [0.25, 0.3) is 0 Å². The lowest BCUT2D eigenvalue weighted by Crippen LogP contribution is -2.39. The van der Waals surface area contributed by atoms with Crippen LogP contribution in [0.15, 0.2) is 35.6 Å². The third-order valence-corrected chi connectivity index (χ3v) is 3.45. The van der Waals surface area contributed by atoms with Crippen LogP contribution in [0.2, 0.25) is 0 Å². The lowest BCUT2D eigenvalue weighted by Gasteiger charge is -2.15. The highest BCUT2D eigenvalue weighted by atomic mass is 127. The summed E-state index contributed by atoms with van der Waals surface area (Å²) in [6, 6.07) is 7.86. The monoisotopic (exact) mass is 444 g/mol. The first-order valence-electron chi connectivity index (χ1n) is 7.69. The molecule has 0 aliphatic heterocycles. The molecule has 3 N–H and O–H groups in total. The molecule has 1 atom stereocenters. The van der Waals surface area contributed by atoms with Gasteiger partial charge in [-0.3, -0.25) is 4.68 Å². The number of hydrogen-bond acceptors (Lipinski definition) is 4. The minimum atomic E-state index is -0.589. The molecule has 7 nitrogen and oxygen atoms in total. The number of guanidine groups is 1. The lowest BCUT2D eigenvalue weighted by molar-refractivity contribution is 0.181. The van der Waals surface area contributed by atoms with Gasteiger partial charge in [0.2, 0.25) is 0 Å². The Bertz CT molecular complexity index is 640. The van der Waals surface area contributed by atoms with E-state index in [0.717, 1.165) is 17.9 Å². The maximum absolute atomic E-state index is 10.3. The summed E-state index contributed by atoms with van der Waals surface area (Å²) >= 11 is 0. The number of aromatic nitrogens is 3. The van der Waals surface area contributed by atoms with E-state index in [4.69, 9.17) is 0 Å². The predicted octanol–water partition coefficient (Wildman–Crippen LogP) is 1.53.